The Hall–Kier alpha value is -0.660. The Balaban J connectivity index is 2.33. The first-order valence-corrected chi connectivity index (χ1v) is 8.83. The number of nitrogens with two attached hydrogens (primary N) is 1. The van der Waals surface area contributed by atoms with Crippen LogP contribution in [0.3, 0.4) is 0 Å². The van der Waals surface area contributed by atoms with E-state index in [-0.39, 0.29) is 16.0 Å². The molecule has 1 atom stereocenters. The summed E-state index contributed by atoms with van der Waals surface area (Å²) in [4.78, 5) is 2.23. The van der Waals surface area contributed by atoms with E-state index >= 15 is 0 Å². The predicted octanol–water partition coefficient (Wildman–Crippen LogP) is 1.51. The maximum Gasteiger partial charge on any atom is 0.244 e. The number of halogens is 1. The highest BCUT2D eigenvalue weighted by Gasteiger charge is 2.32. The first kappa shape index (κ1) is 16.7. The van der Waals surface area contributed by atoms with Gasteiger partial charge in [0.1, 0.15) is 4.90 Å². The molecule has 1 heterocycles. The summed E-state index contributed by atoms with van der Waals surface area (Å²) in [5.41, 5.74) is 6.36. The average molecular weight is 332 g/mol. The summed E-state index contributed by atoms with van der Waals surface area (Å²) in [5.74, 6) is 0. The van der Waals surface area contributed by atoms with Crippen molar-refractivity contribution in [2.75, 3.05) is 27.2 Å². The van der Waals surface area contributed by atoms with E-state index in [2.05, 4.69) is 4.90 Å². The SMILES string of the molecule is CN(C)C1CCCN(S(=O)(=O)c2cc(CN)ccc2Cl)C1. The summed E-state index contributed by atoms with van der Waals surface area (Å²) in [6.45, 7) is 1.33. The fraction of sp³-hybridized carbons (Fsp3) is 0.571. The van der Waals surface area contributed by atoms with Gasteiger partial charge in [-0.2, -0.15) is 4.31 Å². The van der Waals surface area contributed by atoms with Crippen LogP contribution in [0.1, 0.15) is 18.4 Å². The molecule has 1 aliphatic heterocycles. The highest BCUT2D eigenvalue weighted by Crippen LogP contribution is 2.28. The molecule has 2 N–H and O–H groups in total. The van der Waals surface area contributed by atoms with E-state index in [9.17, 15) is 8.42 Å². The molecule has 2 rings (SSSR count). The lowest BCUT2D eigenvalue weighted by molar-refractivity contribution is 0.190. The van der Waals surface area contributed by atoms with Gasteiger partial charge in [-0.15, -0.1) is 0 Å². The molecule has 0 bridgehead atoms. The second-order valence-corrected chi connectivity index (χ2v) is 7.91. The van der Waals surface area contributed by atoms with Crippen LogP contribution in [0.15, 0.2) is 23.1 Å². The van der Waals surface area contributed by atoms with Gasteiger partial charge in [-0.05, 0) is 44.6 Å². The van der Waals surface area contributed by atoms with Gasteiger partial charge in [-0.3, -0.25) is 0 Å². The van der Waals surface area contributed by atoms with E-state index in [0.717, 1.165) is 18.4 Å². The van der Waals surface area contributed by atoms with Crippen LogP contribution >= 0.6 is 11.6 Å². The zero-order valence-corrected chi connectivity index (χ0v) is 14.0. The first-order chi connectivity index (χ1) is 9.86. The highest BCUT2D eigenvalue weighted by molar-refractivity contribution is 7.89. The summed E-state index contributed by atoms with van der Waals surface area (Å²) in [6.07, 6.45) is 1.87. The van der Waals surface area contributed by atoms with Gasteiger partial charge < -0.3 is 10.6 Å². The molecule has 1 unspecified atom stereocenters. The molecule has 5 nitrogen and oxygen atoms in total. The lowest BCUT2D eigenvalue weighted by atomic mass is 10.1. The lowest BCUT2D eigenvalue weighted by Crippen LogP contribution is -2.47. The minimum atomic E-state index is -3.57. The molecule has 118 valence electrons. The number of likely N-dealkylation sites (N-methyl/N-ethyl adjacent to an activating group) is 1. The van der Waals surface area contributed by atoms with Crippen LogP contribution in [-0.2, 0) is 16.6 Å². The summed E-state index contributed by atoms with van der Waals surface area (Å²) >= 11 is 6.10. The Morgan fingerprint density at radius 1 is 1.43 bits per heavy atom. The number of benzene rings is 1. The van der Waals surface area contributed by atoms with Crippen LogP contribution in [0, 0.1) is 0 Å². The third-order valence-corrected chi connectivity index (χ3v) is 6.29. The van der Waals surface area contributed by atoms with Crippen molar-refractivity contribution in [1.29, 1.82) is 0 Å². The Morgan fingerprint density at radius 3 is 2.76 bits per heavy atom. The maximum absolute atomic E-state index is 12.8. The van der Waals surface area contributed by atoms with Gasteiger partial charge in [-0.1, -0.05) is 17.7 Å². The van der Waals surface area contributed by atoms with E-state index in [0.29, 0.717) is 19.6 Å². The molecule has 21 heavy (non-hydrogen) atoms. The summed E-state index contributed by atoms with van der Waals surface area (Å²) in [6, 6.07) is 5.17. The van der Waals surface area contributed by atoms with Crippen LogP contribution in [0.2, 0.25) is 5.02 Å². The number of nitrogens with zero attached hydrogens (tertiary/aromatic N) is 2. The molecular weight excluding hydrogens is 310 g/mol. The van der Waals surface area contributed by atoms with Crippen LogP contribution in [0.5, 0.6) is 0 Å². The van der Waals surface area contributed by atoms with Crippen molar-refractivity contribution in [3.05, 3.63) is 28.8 Å². The third-order valence-electron chi connectivity index (χ3n) is 3.94. The second kappa shape index (κ2) is 6.62. The van der Waals surface area contributed by atoms with Crippen LogP contribution in [0.25, 0.3) is 0 Å². The van der Waals surface area contributed by atoms with Crippen molar-refractivity contribution in [2.24, 2.45) is 5.73 Å². The Morgan fingerprint density at radius 2 is 2.14 bits per heavy atom. The number of piperidine rings is 1. The van der Waals surface area contributed by atoms with E-state index in [1.54, 1.807) is 18.2 Å². The minimum Gasteiger partial charge on any atom is -0.326 e. The average Bonchev–Trinajstić information content (AvgIpc) is 2.47. The Labute approximate surface area is 131 Å². The molecule has 0 aliphatic carbocycles. The summed E-state index contributed by atoms with van der Waals surface area (Å²) in [7, 11) is 0.377. The predicted molar refractivity (Wildman–Crippen MR) is 84.8 cm³/mol. The van der Waals surface area contributed by atoms with E-state index in [1.807, 2.05) is 14.1 Å². The quantitative estimate of drug-likeness (QED) is 0.908. The second-order valence-electron chi connectivity index (χ2n) is 5.59. The minimum absolute atomic E-state index is 0.159. The standard InChI is InChI=1S/C14H22ClN3O2S/c1-17(2)12-4-3-7-18(10-12)21(19,20)14-8-11(9-16)5-6-13(14)15/h5-6,8,12H,3-4,7,9-10,16H2,1-2H3. The zero-order valence-electron chi connectivity index (χ0n) is 12.4. The summed E-state index contributed by atoms with van der Waals surface area (Å²) in [5, 5.41) is 0.249. The smallest absolute Gasteiger partial charge is 0.244 e. The van der Waals surface area contributed by atoms with Crippen molar-refractivity contribution in [1.82, 2.24) is 9.21 Å². The van der Waals surface area contributed by atoms with E-state index in [4.69, 9.17) is 17.3 Å². The van der Waals surface area contributed by atoms with E-state index in [1.165, 1.54) is 4.31 Å². The van der Waals surface area contributed by atoms with Gasteiger partial charge in [0, 0.05) is 25.7 Å². The number of hydrogen-bond donors (Lipinski definition) is 1. The molecule has 1 aromatic carbocycles. The lowest BCUT2D eigenvalue weighted by Gasteiger charge is -2.35. The van der Waals surface area contributed by atoms with Gasteiger partial charge in [0.05, 0.1) is 5.02 Å². The van der Waals surface area contributed by atoms with Gasteiger partial charge in [0.2, 0.25) is 10.0 Å². The van der Waals surface area contributed by atoms with Gasteiger partial charge in [-0.25, -0.2) is 8.42 Å². The molecule has 7 heteroatoms. The zero-order chi connectivity index (χ0) is 15.6. The van der Waals surface area contributed by atoms with Crippen LogP contribution in [0.4, 0.5) is 0 Å². The van der Waals surface area contributed by atoms with Crippen molar-refractivity contribution in [3.63, 3.8) is 0 Å². The fourth-order valence-electron chi connectivity index (χ4n) is 2.57. The number of hydrogen-bond acceptors (Lipinski definition) is 4. The number of sulfonamides is 1. The van der Waals surface area contributed by atoms with E-state index < -0.39 is 10.0 Å². The molecule has 0 aromatic heterocycles. The normalized spacial score (nSPS) is 20.9. The van der Waals surface area contributed by atoms with Gasteiger partial charge in [0.15, 0.2) is 0 Å². The molecule has 0 spiro atoms. The van der Waals surface area contributed by atoms with Gasteiger partial charge in [0.25, 0.3) is 0 Å². The molecule has 0 amide bonds. The van der Waals surface area contributed by atoms with Crippen molar-refractivity contribution in [2.45, 2.75) is 30.3 Å². The molecule has 0 saturated carbocycles. The third kappa shape index (κ3) is 3.57. The Bertz CT molecular complexity index is 604. The van der Waals surface area contributed by atoms with Crippen molar-refractivity contribution in [3.8, 4) is 0 Å². The summed E-state index contributed by atoms with van der Waals surface area (Å²) < 4.78 is 27.2. The first-order valence-electron chi connectivity index (χ1n) is 7.01. The topological polar surface area (TPSA) is 66.6 Å². The molecule has 1 saturated heterocycles. The van der Waals surface area contributed by atoms with Gasteiger partial charge >= 0.3 is 0 Å². The fourth-order valence-corrected chi connectivity index (χ4v) is 4.61. The molecule has 1 aromatic rings. The molecular formula is C14H22ClN3O2S. The molecule has 1 fully saturated rings. The highest BCUT2D eigenvalue weighted by atomic mass is 35.5. The molecule has 1 aliphatic rings. The largest absolute Gasteiger partial charge is 0.326 e. The van der Waals surface area contributed by atoms with Crippen molar-refractivity contribution < 1.29 is 8.42 Å². The Kier molecular flexibility index (Phi) is 5.27. The van der Waals surface area contributed by atoms with Crippen LogP contribution < -0.4 is 5.73 Å². The maximum atomic E-state index is 12.8. The van der Waals surface area contributed by atoms with Crippen LogP contribution in [-0.4, -0.2) is 50.8 Å². The number of rotatable bonds is 4. The van der Waals surface area contributed by atoms with Crippen molar-refractivity contribution >= 4 is 21.6 Å². The molecule has 0 radical (unpaired) electrons. The monoisotopic (exact) mass is 331 g/mol.